The van der Waals surface area contributed by atoms with Gasteiger partial charge in [0, 0.05) is 23.6 Å². The van der Waals surface area contributed by atoms with Crippen LogP contribution in [0.2, 0.25) is 0 Å². The molecule has 1 aromatic heterocycles. The standard InChI is InChI=1S/C10H12F2OS/c1-6-2-3-14-9(6)8(13)7-4-10(11,12)5-7/h2-3,7-8,13H,4-5H2,1H3. The summed E-state index contributed by atoms with van der Waals surface area (Å²) in [5.41, 5.74) is 0.998. The van der Waals surface area contributed by atoms with Crippen LogP contribution < -0.4 is 0 Å². The third kappa shape index (κ3) is 1.68. The van der Waals surface area contributed by atoms with Crippen LogP contribution >= 0.6 is 11.3 Å². The molecular formula is C10H12F2OS. The van der Waals surface area contributed by atoms with E-state index in [-0.39, 0.29) is 18.8 Å². The molecule has 0 aliphatic heterocycles. The monoisotopic (exact) mass is 218 g/mol. The van der Waals surface area contributed by atoms with Crippen molar-refractivity contribution in [3.8, 4) is 0 Å². The molecule has 2 rings (SSSR count). The number of aryl methyl sites for hydroxylation is 1. The predicted molar refractivity (Wildman–Crippen MR) is 51.7 cm³/mol. The highest BCUT2D eigenvalue weighted by molar-refractivity contribution is 7.10. The Morgan fingerprint density at radius 2 is 2.21 bits per heavy atom. The zero-order valence-electron chi connectivity index (χ0n) is 7.84. The number of halogens is 2. The van der Waals surface area contributed by atoms with Crippen LogP contribution in [0.5, 0.6) is 0 Å². The van der Waals surface area contributed by atoms with E-state index in [1.54, 1.807) is 0 Å². The molecule has 1 aliphatic rings. The van der Waals surface area contributed by atoms with E-state index in [1.807, 2.05) is 18.4 Å². The fourth-order valence-electron chi connectivity index (χ4n) is 1.83. The van der Waals surface area contributed by atoms with E-state index in [1.165, 1.54) is 11.3 Å². The van der Waals surface area contributed by atoms with E-state index in [9.17, 15) is 13.9 Å². The van der Waals surface area contributed by atoms with Gasteiger partial charge in [0.05, 0.1) is 6.10 Å². The van der Waals surface area contributed by atoms with Crippen molar-refractivity contribution in [2.24, 2.45) is 5.92 Å². The summed E-state index contributed by atoms with van der Waals surface area (Å²) >= 11 is 1.44. The summed E-state index contributed by atoms with van der Waals surface area (Å²) in [5.74, 6) is -2.81. The average Bonchev–Trinajstić information content (AvgIpc) is 2.45. The minimum atomic E-state index is -2.54. The molecule has 0 radical (unpaired) electrons. The van der Waals surface area contributed by atoms with Gasteiger partial charge in [-0.2, -0.15) is 0 Å². The fraction of sp³-hybridized carbons (Fsp3) is 0.600. The summed E-state index contributed by atoms with van der Waals surface area (Å²) in [5, 5.41) is 11.7. The van der Waals surface area contributed by atoms with Crippen molar-refractivity contribution in [1.82, 2.24) is 0 Å². The van der Waals surface area contributed by atoms with Crippen molar-refractivity contribution in [1.29, 1.82) is 0 Å². The molecular weight excluding hydrogens is 206 g/mol. The van der Waals surface area contributed by atoms with Gasteiger partial charge in [-0.1, -0.05) is 0 Å². The first-order chi connectivity index (χ1) is 6.49. The summed E-state index contributed by atoms with van der Waals surface area (Å²) in [7, 11) is 0. The number of rotatable bonds is 2. The topological polar surface area (TPSA) is 20.2 Å². The van der Waals surface area contributed by atoms with Crippen LogP contribution in [0, 0.1) is 12.8 Å². The van der Waals surface area contributed by atoms with Crippen molar-refractivity contribution >= 4 is 11.3 Å². The lowest BCUT2D eigenvalue weighted by Gasteiger charge is -2.37. The molecule has 1 unspecified atom stereocenters. The highest BCUT2D eigenvalue weighted by Gasteiger charge is 2.48. The number of hydrogen-bond donors (Lipinski definition) is 1. The lowest BCUT2D eigenvalue weighted by Crippen LogP contribution is -2.38. The largest absolute Gasteiger partial charge is 0.387 e. The normalized spacial score (nSPS) is 23.1. The average molecular weight is 218 g/mol. The van der Waals surface area contributed by atoms with E-state index in [0.717, 1.165) is 10.4 Å². The molecule has 1 heterocycles. The molecule has 0 amide bonds. The molecule has 1 saturated carbocycles. The van der Waals surface area contributed by atoms with E-state index < -0.39 is 12.0 Å². The Bertz CT molecular complexity index is 327. The molecule has 1 nitrogen and oxygen atoms in total. The van der Waals surface area contributed by atoms with Crippen LogP contribution in [0.15, 0.2) is 11.4 Å². The highest BCUT2D eigenvalue weighted by Crippen LogP contribution is 2.49. The van der Waals surface area contributed by atoms with Crippen LogP contribution in [0.4, 0.5) is 8.78 Å². The van der Waals surface area contributed by atoms with Crippen LogP contribution in [-0.2, 0) is 0 Å². The van der Waals surface area contributed by atoms with Crippen LogP contribution in [0.1, 0.15) is 29.4 Å². The molecule has 1 fully saturated rings. The van der Waals surface area contributed by atoms with Crippen molar-refractivity contribution in [3.63, 3.8) is 0 Å². The van der Waals surface area contributed by atoms with Gasteiger partial charge in [-0.25, -0.2) is 8.78 Å². The SMILES string of the molecule is Cc1ccsc1C(O)C1CC(F)(F)C1. The molecule has 0 bridgehead atoms. The number of aliphatic hydroxyl groups excluding tert-OH is 1. The lowest BCUT2D eigenvalue weighted by molar-refractivity contribution is -0.141. The maximum atomic E-state index is 12.6. The van der Waals surface area contributed by atoms with Gasteiger partial charge in [0.15, 0.2) is 0 Å². The second kappa shape index (κ2) is 3.28. The first-order valence-electron chi connectivity index (χ1n) is 4.59. The minimum Gasteiger partial charge on any atom is -0.387 e. The van der Waals surface area contributed by atoms with Crippen molar-refractivity contribution < 1.29 is 13.9 Å². The molecule has 1 atom stereocenters. The second-order valence-corrected chi connectivity index (χ2v) is 4.88. The molecule has 0 spiro atoms. The van der Waals surface area contributed by atoms with Crippen LogP contribution in [0.3, 0.4) is 0 Å². The summed E-state index contributed by atoms with van der Waals surface area (Å²) in [6.45, 7) is 1.89. The Hall–Kier alpha value is -0.480. The minimum absolute atomic E-state index is 0.175. The maximum Gasteiger partial charge on any atom is 0.248 e. The zero-order chi connectivity index (χ0) is 10.3. The molecule has 4 heteroatoms. The Balaban J connectivity index is 2.04. The number of thiophene rings is 1. The number of hydrogen-bond acceptors (Lipinski definition) is 2. The maximum absolute atomic E-state index is 12.6. The molecule has 1 aromatic rings. The van der Waals surface area contributed by atoms with Crippen molar-refractivity contribution in [3.05, 3.63) is 21.9 Å². The summed E-state index contributed by atoms with van der Waals surface area (Å²) in [6.07, 6.45) is -1.05. The molecule has 14 heavy (non-hydrogen) atoms. The third-order valence-electron chi connectivity index (χ3n) is 2.74. The fourth-order valence-corrected chi connectivity index (χ4v) is 2.84. The summed E-state index contributed by atoms with van der Waals surface area (Å²) in [4.78, 5) is 0.838. The molecule has 78 valence electrons. The molecule has 1 aliphatic carbocycles. The Morgan fingerprint density at radius 3 is 2.64 bits per heavy atom. The Labute approximate surface area is 85.4 Å². The van der Waals surface area contributed by atoms with Gasteiger partial charge in [-0.05, 0) is 23.9 Å². The summed E-state index contributed by atoms with van der Waals surface area (Å²) in [6, 6.07) is 1.90. The van der Waals surface area contributed by atoms with E-state index >= 15 is 0 Å². The first-order valence-corrected chi connectivity index (χ1v) is 5.47. The summed E-state index contributed by atoms with van der Waals surface area (Å²) < 4.78 is 25.2. The van der Waals surface area contributed by atoms with Gasteiger partial charge in [0.25, 0.3) is 0 Å². The second-order valence-electron chi connectivity index (χ2n) is 3.94. The van der Waals surface area contributed by atoms with E-state index in [2.05, 4.69) is 0 Å². The van der Waals surface area contributed by atoms with Gasteiger partial charge in [-0.15, -0.1) is 11.3 Å². The zero-order valence-corrected chi connectivity index (χ0v) is 8.65. The Kier molecular flexibility index (Phi) is 2.35. The van der Waals surface area contributed by atoms with Crippen molar-refractivity contribution in [2.45, 2.75) is 31.8 Å². The van der Waals surface area contributed by atoms with Gasteiger partial charge < -0.3 is 5.11 Å². The highest BCUT2D eigenvalue weighted by atomic mass is 32.1. The predicted octanol–water partition coefficient (Wildman–Crippen LogP) is 3.14. The van der Waals surface area contributed by atoms with E-state index in [0.29, 0.717) is 0 Å². The van der Waals surface area contributed by atoms with Gasteiger partial charge in [-0.3, -0.25) is 0 Å². The lowest BCUT2D eigenvalue weighted by atomic mass is 9.77. The van der Waals surface area contributed by atoms with E-state index in [4.69, 9.17) is 0 Å². The van der Waals surface area contributed by atoms with Crippen molar-refractivity contribution in [2.75, 3.05) is 0 Å². The number of alkyl halides is 2. The van der Waals surface area contributed by atoms with Crippen LogP contribution in [0.25, 0.3) is 0 Å². The molecule has 0 saturated heterocycles. The third-order valence-corrected chi connectivity index (χ3v) is 3.83. The number of aliphatic hydroxyl groups is 1. The van der Waals surface area contributed by atoms with Gasteiger partial charge in [0.2, 0.25) is 5.92 Å². The first kappa shape index (κ1) is 10.1. The Morgan fingerprint density at radius 1 is 1.57 bits per heavy atom. The van der Waals surface area contributed by atoms with Gasteiger partial charge >= 0.3 is 0 Å². The van der Waals surface area contributed by atoms with Gasteiger partial charge in [0.1, 0.15) is 0 Å². The van der Waals surface area contributed by atoms with Crippen LogP contribution in [-0.4, -0.2) is 11.0 Å². The quantitative estimate of drug-likeness (QED) is 0.808. The molecule has 1 N–H and O–H groups in total. The smallest absolute Gasteiger partial charge is 0.248 e. The molecule has 0 aromatic carbocycles.